The highest BCUT2D eigenvalue weighted by atomic mass is 16.2. The summed E-state index contributed by atoms with van der Waals surface area (Å²) >= 11 is 0. The molecule has 4 heteroatoms. The molecule has 96 valence electrons. The van der Waals surface area contributed by atoms with E-state index in [0.717, 1.165) is 5.56 Å². The SMILES string of the molecule is CC(C)NC(=O)Cn1ccc(C(N)C(C)C)c1. The van der Waals surface area contributed by atoms with Gasteiger partial charge in [0.2, 0.25) is 5.91 Å². The summed E-state index contributed by atoms with van der Waals surface area (Å²) in [6.45, 7) is 8.44. The first-order chi connectivity index (χ1) is 7.90. The summed E-state index contributed by atoms with van der Waals surface area (Å²) in [7, 11) is 0. The fourth-order valence-corrected chi connectivity index (χ4v) is 1.67. The van der Waals surface area contributed by atoms with Crippen LogP contribution in [0.15, 0.2) is 18.5 Å². The first kappa shape index (κ1) is 13.8. The zero-order chi connectivity index (χ0) is 13.0. The highest BCUT2D eigenvalue weighted by Crippen LogP contribution is 2.18. The van der Waals surface area contributed by atoms with E-state index in [1.807, 2.05) is 36.9 Å². The molecular formula is C13H23N3O. The molecule has 1 heterocycles. The minimum absolute atomic E-state index is 0.0280. The van der Waals surface area contributed by atoms with Gasteiger partial charge in [-0.2, -0.15) is 0 Å². The van der Waals surface area contributed by atoms with Crippen molar-refractivity contribution >= 4 is 5.91 Å². The average Bonchev–Trinajstić information content (AvgIpc) is 2.63. The van der Waals surface area contributed by atoms with E-state index in [1.54, 1.807) is 0 Å². The van der Waals surface area contributed by atoms with Gasteiger partial charge in [0.1, 0.15) is 6.54 Å². The van der Waals surface area contributed by atoms with Gasteiger partial charge in [-0.05, 0) is 31.4 Å². The number of rotatable bonds is 5. The first-order valence-corrected chi connectivity index (χ1v) is 6.10. The van der Waals surface area contributed by atoms with Crippen LogP contribution in [0.1, 0.15) is 39.3 Å². The summed E-state index contributed by atoms with van der Waals surface area (Å²) in [4.78, 5) is 11.6. The van der Waals surface area contributed by atoms with Crippen molar-refractivity contribution in [1.82, 2.24) is 9.88 Å². The van der Waals surface area contributed by atoms with E-state index < -0.39 is 0 Å². The Balaban J connectivity index is 2.60. The molecule has 0 fully saturated rings. The quantitative estimate of drug-likeness (QED) is 0.818. The van der Waals surface area contributed by atoms with Crippen molar-refractivity contribution in [2.24, 2.45) is 11.7 Å². The molecule has 1 rings (SSSR count). The van der Waals surface area contributed by atoms with Crippen molar-refractivity contribution < 1.29 is 4.79 Å². The van der Waals surface area contributed by atoms with Crippen molar-refractivity contribution in [3.05, 3.63) is 24.0 Å². The largest absolute Gasteiger partial charge is 0.352 e. The van der Waals surface area contributed by atoms with Crippen molar-refractivity contribution in [3.8, 4) is 0 Å². The van der Waals surface area contributed by atoms with Crippen LogP contribution in [0.2, 0.25) is 0 Å². The Hall–Kier alpha value is -1.29. The minimum Gasteiger partial charge on any atom is -0.352 e. The van der Waals surface area contributed by atoms with E-state index in [4.69, 9.17) is 5.73 Å². The molecule has 1 atom stereocenters. The molecule has 0 radical (unpaired) electrons. The highest BCUT2D eigenvalue weighted by molar-refractivity contribution is 5.75. The van der Waals surface area contributed by atoms with Gasteiger partial charge in [0, 0.05) is 24.5 Å². The van der Waals surface area contributed by atoms with Crippen LogP contribution in [0.5, 0.6) is 0 Å². The van der Waals surface area contributed by atoms with E-state index in [-0.39, 0.29) is 18.0 Å². The molecule has 0 aliphatic carbocycles. The molecular weight excluding hydrogens is 214 g/mol. The van der Waals surface area contributed by atoms with Gasteiger partial charge in [0.15, 0.2) is 0 Å². The van der Waals surface area contributed by atoms with E-state index in [1.165, 1.54) is 0 Å². The van der Waals surface area contributed by atoms with Crippen LogP contribution in [0.4, 0.5) is 0 Å². The Morgan fingerprint density at radius 3 is 2.59 bits per heavy atom. The normalized spacial score (nSPS) is 13.1. The van der Waals surface area contributed by atoms with Gasteiger partial charge in [0.25, 0.3) is 0 Å². The Labute approximate surface area is 103 Å². The standard InChI is InChI=1S/C13H23N3O/c1-9(2)13(14)11-5-6-16(7-11)8-12(17)15-10(3)4/h5-7,9-10,13H,8,14H2,1-4H3,(H,15,17). The lowest BCUT2D eigenvalue weighted by Crippen LogP contribution is -2.32. The van der Waals surface area contributed by atoms with Crippen molar-refractivity contribution in [1.29, 1.82) is 0 Å². The third-order valence-electron chi connectivity index (χ3n) is 2.65. The summed E-state index contributed by atoms with van der Waals surface area (Å²) in [5.41, 5.74) is 7.13. The van der Waals surface area contributed by atoms with Crippen LogP contribution in [0.25, 0.3) is 0 Å². The molecule has 17 heavy (non-hydrogen) atoms. The number of hydrogen-bond acceptors (Lipinski definition) is 2. The summed E-state index contributed by atoms with van der Waals surface area (Å²) in [6.07, 6.45) is 3.85. The molecule has 0 aromatic carbocycles. The van der Waals surface area contributed by atoms with Gasteiger partial charge in [-0.1, -0.05) is 13.8 Å². The molecule has 0 aliphatic rings. The molecule has 4 nitrogen and oxygen atoms in total. The Morgan fingerprint density at radius 1 is 1.41 bits per heavy atom. The van der Waals surface area contributed by atoms with Crippen molar-refractivity contribution in [2.75, 3.05) is 0 Å². The smallest absolute Gasteiger partial charge is 0.240 e. The molecule has 0 spiro atoms. The maximum Gasteiger partial charge on any atom is 0.240 e. The second-order valence-electron chi connectivity index (χ2n) is 5.11. The van der Waals surface area contributed by atoms with Crippen LogP contribution < -0.4 is 11.1 Å². The molecule has 0 saturated carbocycles. The van der Waals surface area contributed by atoms with E-state index in [9.17, 15) is 4.79 Å². The van der Waals surface area contributed by atoms with E-state index >= 15 is 0 Å². The summed E-state index contributed by atoms with van der Waals surface area (Å²) in [5, 5.41) is 2.86. The number of amides is 1. The number of nitrogens with one attached hydrogen (secondary N) is 1. The second-order valence-corrected chi connectivity index (χ2v) is 5.11. The molecule has 0 bridgehead atoms. The number of nitrogens with two attached hydrogens (primary N) is 1. The van der Waals surface area contributed by atoms with Crippen LogP contribution in [-0.4, -0.2) is 16.5 Å². The van der Waals surface area contributed by atoms with Crippen molar-refractivity contribution in [3.63, 3.8) is 0 Å². The Kier molecular flexibility index (Phi) is 4.75. The fraction of sp³-hybridized carbons (Fsp3) is 0.615. The number of hydrogen-bond donors (Lipinski definition) is 2. The number of carbonyl (C=O) groups is 1. The van der Waals surface area contributed by atoms with Crippen LogP contribution in [0, 0.1) is 5.92 Å². The highest BCUT2D eigenvalue weighted by Gasteiger charge is 2.12. The first-order valence-electron chi connectivity index (χ1n) is 6.10. The fourth-order valence-electron chi connectivity index (χ4n) is 1.67. The van der Waals surface area contributed by atoms with Gasteiger partial charge in [-0.3, -0.25) is 4.79 Å². The van der Waals surface area contributed by atoms with Gasteiger partial charge in [-0.15, -0.1) is 0 Å². The maximum atomic E-state index is 11.6. The average molecular weight is 237 g/mol. The van der Waals surface area contributed by atoms with Gasteiger partial charge in [0.05, 0.1) is 0 Å². The second kappa shape index (κ2) is 5.87. The third-order valence-corrected chi connectivity index (χ3v) is 2.65. The minimum atomic E-state index is 0.0280. The zero-order valence-electron chi connectivity index (χ0n) is 11.1. The van der Waals surface area contributed by atoms with Crippen LogP contribution in [0.3, 0.4) is 0 Å². The maximum absolute atomic E-state index is 11.6. The van der Waals surface area contributed by atoms with Gasteiger partial charge in [-0.25, -0.2) is 0 Å². The lowest BCUT2D eigenvalue weighted by molar-refractivity contribution is -0.122. The van der Waals surface area contributed by atoms with Crippen LogP contribution in [-0.2, 0) is 11.3 Å². The summed E-state index contributed by atoms with van der Waals surface area (Å²) < 4.78 is 1.87. The summed E-state index contributed by atoms with van der Waals surface area (Å²) in [6, 6.07) is 2.19. The van der Waals surface area contributed by atoms with E-state index in [2.05, 4.69) is 19.2 Å². The molecule has 0 aliphatic heterocycles. The number of carbonyl (C=O) groups excluding carboxylic acids is 1. The molecule has 3 N–H and O–H groups in total. The molecule has 1 aromatic heterocycles. The Bertz CT molecular complexity index is 368. The van der Waals surface area contributed by atoms with Crippen LogP contribution >= 0.6 is 0 Å². The molecule has 1 amide bonds. The predicted molar refractivity (Wildman–Crippen MR) is 69.5 cm³/mol. The molecule has 1 aromatic rings. The molecule has 1 unspecified atom stereocenters. The van der Waals surface area contributed by atoms with E-state index in [0.29, 0.717) is 12.5 Å². The lowest BCUT2D eigenvalue weighted by Gasteiger charge is -2.13. The number of nitrogens with zero attached hydrogens (tertiary/aromatic N) is 1. The Morgan fingerprint density at radius 2 is 2.06 bits per heavy atom. The van der Waals surface area contributed by atoms with Gasteiger partial charge < -0.3 is 15.6 Å². The number of aromatic nitrogens is 1. The zero-order valence-corrected chi connectivity index (χ0v) is 11.1. The summed E-state index contributed by atoms with van der Waals surface area (Å²) in [5.74, 6) is 0.426. The monoisotopic (exact) mass is 237 g/mol. The predicted octanol–water partition coefficient (Wildman–Crippen LogP) is 1.67. The van der Waals surface area contributed by atoms with Crippen molar-refractivity contribution in [2.45, 2.75) is 46.3 Å². The van der Waals surface area contributed by atoms with Gasteiger partial charge >= 0.3 is 0 Å². The lowest BCUT2D eigenvalue weighted by atomic mass is 10.00. The topological polar surface area (TPSA) is 60.0 Å². The third kappa shape index (κ3) is 4.23. The molecule has 0 saturated heterocycles.